The SMILES string of the molecule is COCCC1(c2noc(C)n2)CCCN(C(=O)NCCc2ccccc2)C1. The first-order valence-electron chi connectivity index (χ1n) is 9.49. The minimum Gasteiger partial charge on any atom is -0.385 e. The summed E-state index contributed by atoms with van der Waals surface area (Å²) in [5, 5.41) is 7.20. The van der Waals surface area contributed by atoms with Crippen LogP contribution in [0.1, 0.15) is 36.5 Å². The van der Waals surface area contributed by atoms with Crippen molar-refractivity contribution in [2.24, 2.45) is 0 Å². The fraction of sp³-hybridized carbons (Fsp3) is 0.550. The first-order valence-corrected chi connectivity index (χ1v) is 9.49. The summed E-state index contributed by atoms with van der Waals surface area (Å²) in [5.41, 5.74) is 0.899. The second kappa shape index (κ2) is 8.99. The molecule has 1 aromatic heterocycles. The van der Waals surface area contributed by atoms with Crippen LogP contribution in [0.5, 0.6) is 0 Å². The van der Waals surface area contributed by atoms with Gasteiger partial charge in [0.1, 0.15) is 0 Å². The Kier molecular flexibility index (Phi) is 6.45. The van der Waals surface area contributed by atoms with Crippen molar-refractivity contribution in [2.75, 3.05) is 33.4 Å². The van der Waals surface area contributed by atoms with Gasteiger partial charge < -0.3 is 19.5 Å². The molecule has 0 aliphatic carbocycles. The molecule has 0 saturated carbocycles. The zero-order valence-corrected chi connectivity index (χ0v) is 16.1. The predicted octanol–water partition coefficient (Wildman–Crippen LogP) is 2.70. The number of carbonyl (C=O) groups excluding carboxylic acids is 1. The van der Waals surface area contributed by atoms with Gasteiger partial charge in [-0.3, -0.25) is 0 Å². The maximum absolute atomic E-state index is 12.7. The number of piperidine rings is 1. The van der Waals surface area contributed by atoms with Crippen LogP contribution in [-0.4, -0.2) is 54.4 Å². The van der Waals surface area contributed by atoms with Gasteiger partial charge in [0.15, 0.2) is 5.82 Å². The van der Waals surface area contributed by atoms with Gasteiger partial charge >= 0.3 is 6.03 Å². The van der Waals surface area contributed by atoms with Crippen LogP contribution in [-0.2, 0) is 16.6 Å². The van der Waals surface area contributed by atoms with E-state index in [-0.39, 0.29) is 11.4 Å². The van der Waals surface area contributed by atoms with Gasteiger partial charge in [0, 0.05) is 40.3 Å². The van der Waals surface area contributed by atoms with Crippen LogP contribution >= 0.6 is 0 Å². The maximum atomic E-state index is 12.7. The highest BCUT2D eigenvalue weighted by atomic mass is 16.5. The molecule has 2 amide bonds. The van der Waals surface area contributed by atoms with Crippen molar-refractivity contribution >= 4 is 6.03 Å². The summed E-state index contributed by atoms with van der Waals surface area (Å²) >= 11 is 0. The number of aryl methyl sites for hydroxylation is 1. The number of hydrogen-bond donors (Lipinski definition) is 1. The highest BCUT2D eigenvalue weighted by Crippen LogP contribution is 2.35. The van der Waals surface area contributed by atoms with Crippen LogP contribution in [0.15, 0.2) is 34.9 Å². The topological polar surface area (TPSA) is 80.5 Å². The summed E-state index contributed by atoms with van der Waals surface area (Å²) in [6.45, 7) is 4.31. The molecule has 7 nitrogen and oxygen atoms in total. The van der Waals surface area contributed by atoms with Crippen molar-refractivity contribution < 1.29 is 14.1 Å². The van der Waals surface area contributed by atoms with E-state index < -0.39 is 0 Å². The number of aromatic nitrogens is 2. The number of nitrogens with zero attached hydrogens (tertiary/aromatic N) is 3. The summed E-state index contributed by atoms with van der Waals surface area (Å²) in [6.07, 6.45) is 3.40. The molecule has 0 radical (unpaired) electrons. The number of benzene rings is 1. The van der Waals surface area contributed by atoms with Crippen LogP contribution in [0.2, 0.25) is 0 Å². The normalized spacial score (nSPS) is 19.9. The van der Waals surface area contributed by atoms with Gasteiger partial charge in [0.25, 0.3) is 0 Å². The average Bonchev–Trinajstić information content (AvgIpc) is 3.14. The summed E-state index contributed by atoms with van der Waals surface area (Å²) in [6, 6.07) is 10.1. The number of hydrogen-bond acceptors (Lipinski definition) is 5. The predicted molar refractivity (Wildman–Crippen MR) is 102 cm³/mol. The Morgan fingerprint density at radius 1 is 1.37 bits per heavy atom. The summed E-state index contributed by atoms with van der Waals surface area (Å²) in [7, 11) is 1.69. The molecule has 1 aliphatic rings. The second-order valence-electron chi connectivity index (χ2n) is 7.15. The van der Waals surface area contributed by atoms with Gasteiger partial charge in [0.2, 0.25) is 5.89 Å². The third-order valence-electron chi connectivity index (χ3n) is 5.18. The molecular formula is C20H28N4O3. The molecule has 1 atom stereocenters. The monoisotopic (exact) mass is 372 g/mol. The molecule has 1 unspecified atom stereocenters. The molecule has 0 bridgehead atoms. The summed E-state index contributed by atoms with van der Waals surface area (Å²) < 4.78 is 10.5. The highest BCUT2D eigenvalue weighted by Gasteiger charge is 2.42. The molecule has 1 fully saturated rings. The number of methoxy groups -OCH3 is 1. The van der Waals surface area contributed by atoms with E-state index in [0.29, 0.717) is 31.4 Å². The fourth-order valence-electron chi connectivity index (χ4n) is 3.69. The van der Waals surface area contributed by atoms with Crippen LogP contribution in [0.25, 0.3) is 0 Å². The van der Waals surface area contributed by atoms with Gasteiger partial charge in [-0.1, -0.05) is 35.5 Å². The van der Waals surface area contributed by atoms with E-state index in [9.17, 15) is 4.79 Å². The zero-order chi connectivity index (χ0) is 19.1. The smallest absolute Gasteiger partial charge is 0.317 e. The number of ether oxygens (including phenoxy) is 1. The Balaban J connectivity index is 1.62. The molecule has 1 saturated heterocycles. The lowest BCUT2D eigenvalue weighted by atomic mass is 9.76. The van der Waals surface area contributed by atoms with Crippen molar-refractivity contribution in [3.8, 4) is 0 Å². The molecular weight excluding hydrogens is 344 g/mol. The fourth-order valence-corrected chi connectivity index (χ4v) is 3.69. The van der Waals surface area contributed by atoms with Gasteiger partial charge in [-0.05, 0) is 31.2 Å². The van der Waals surface area contributed by atoms with Gasteiger partial charge in [-0.25, -0.2) is 4.79 Å². The number of carbonyl (C=O) groups is 1. The van der Waals surface area contributed by atoms with Crippen LogP contribution in [0, 0.1) is 6.92 Å². The van der Waals surface area contributed by atoms with Crippen molar-refractivity contribution in [1.82, 2.24) is 20.4 Å². The Hall–Kier alpha value is -2.41. The molecule has 2 heterocycles. The van der Waals surface area contributed by atoms with Crippen molar-refractivity contribution in [1.29, 1.82) is 0 Å². The molecule has 27 heavy (non-hydrogen) atoms. The summed E-state index contributed by atoms with van der Waals surface area (Å²) in [5.74, 6) is 1.23. The number of likely N-dealkylation sites (tertiary alicyclic amines) is 1. The highest BCUT2D eigenvalue weighted by molar-refractivity contribution is 5.74. The van der Waals surface area contributed by atoms with E-state index in [1.807, 2.05) is 23.1 Å². The van der Waals surface area contributed by atoms with Crippen LogP contribution < -0.4 is 5.32 Å². The van der Waals surface area contributed by atoms with E-state index in [4.69, 9.17) is 9.26 Å². The van der Waals surface area contributed by atoms with Crippen molar-refractivity contribution in [2.45, 2.75) is 38.0 Å². The largest absolute Gasteiger partial charge is 0.385 e. The maximum Gasteiger partial charge on any atom is 0.317 e. The molecule has 2 aromatic rings. The van der Waals surface area contributed by atoms with E-state index in [0.717, 1.165) is 32.2 Å². The first kappa shape index (κ1) is 19.4. The molecule has 3 rings (SSSR count). The lowest BCUT2D eigenvalue weighted by Gasteiger charge is -2.40. The van der Waals surface area contributed by atoms with E-state index >= 15 is 0 Å². The standard InChI is InChI=1S/C20H28N4O3/c1-16-22-18(23-27-16)20(11-14-26-2)10-6-13-24(15-20)19(25)21-12-9-17-7-4-3-5-8-17/h3-5,7-8H,6,9-15H2,1-2H3,(H,21,25). The molecule has 0 spiro atoms. The minimum absolute atomic E-state index is 0.0346. The third kappa shape index (κ3) is 4.86. The Morgan fingerprint density at radius 2 is 2.19 bits per heavy atom. The summed E-state index contributed by atoms with van der Waals surface area (Å²) in [4.78, 5) is 19.0. The molecule has 1 N–H and O–H groups in total. The molecule has 146 valence electrons. The zero-order valence-electron chi connectivity index (χ0n) is 16.1. The van der Waals surface area contributed by atoms with E-state index in [1.54, 1.807) is 14.0 Å². The van der Waals surface area contributed by atoms with Gasteiger partial charge in [-0.15, -0.1) is 0 Å². The number of amides is 2. The Bertz CT molecular complexity index is 734. The number of rotatable bonds is 7. The third-order valence-corrected chi connectivity index (χ3v) is 5.18. The Labute approximate surface area is 160 Å². The molecule has 1 aromatic carbocycles. The van der Waals surface area contributed by atoms with Crippen LogP contribution in [0.3, 0.4) is 0 Å². The Morgan fingerprint density at radius 3 is 2.89 bits per heavy atom. The minimum atomic E-state index is -0.317. The number of urea groups is 1. The van der Waals surface area contributed by atoms with Crippen molar-refractivity contribution in [3.05, 3.63) is 47.6 Å². The quantitative estimate of drug-likeness (QED) is 0.808. The van der Waals surface area contributed by atoms with Gasteiger partial charge in [-0.2, -0.15) is 4.98 Å². The lowest BCUT2D eigenvalue weighted by molar-refractivity contribution is 0.106. The first-order chi connectivity index (χ1) is 13.1. The van der Waals surface area contributed by atoms with Crippen molar-refractivity contribution in [3.63, 3.8) is 0 Å². The number of nitrogens with one attached hydrogen (secondary N) is 1. The second-order valence-corrected chi connectivity index (χ2v) is 7.15. The lowest BCUT2D eigenvalue weighted by Crippen LogP contribution is -2.52. The van der Waals surface area contributed by atoms with Gasteiger partial charge in [0.05, 0.1) is 5.41 Å². The van der Waals surface area contributed by atoms with E-state index in [1.165, 1.54) is 5.56 Å². The average molecular weight is 372 g/mol. The molecule has 7 heteroatoms. The van der Waals surface area contributed by atoms with Crippen LogP contribution in [0.4, 0.5) is 4.79 Å². The molecule has 1 aliphatic heterocycles. The van der Waals surface area contributed by atoms with E-state index in [2.05, 4.69) is 27.6 Å².